The summed E-state index contributed by atoms with van der Waals surface area (Å²) in [6.45, 7) is 0. The first-order chi connectivity index (χ1) is 6.68. The maximum atomic E-state index is 13.3. The molecule has 1 aromatic carbocycles. The highest BCUT2D eigenvalue weighted by Gasteiger charge is 2.13. The minimum Gasteiger partial charge on any atom is -0.481 e. The second-order valence-corrected chi connectivity index (χ2v) is 3.92. The van der Waals surface area contributed by atoms with Crippen LogP contribution >= 0.6 is 11.3 Å². The zero-order valence-corrected chi connectivity index (χ0v) is 7.97. The molecule has 2 nitrogen and oxygen atoms in total. The molecule has 0 saturated carbocycles. The third-order valence-corrected chi connectivity index (χ3v) is 2.98. The van der Waals surface area contributed by atoms with Gasteiger partial charge in [-0.2, -0.15) is 4.39 Å². The number of carboxylic acid groups (broad SMARTS) is 1. The molecule has 1 N–H and O–H groups in total. The Balaban J connectivity index is 2.62. The highest BCUT2D eigenvalue weighted by atomic mass is 32.1. The zero-order valence-electron chi connectivity index (χ0n) is 7.16. The minimum absolute atomic E-state index is 0.254. The zero-order chi connectivity index (χ0) is 10.1. The Labute approximate surface area is 83.6 Å². The molecule has 0 bridgehead atoms. The van der Waals surface area contributed by atoms with E-state index in [4.69, 9.17) is 5.11 Å². The summed E-state index contributed by atoms with van der Waals surface area (Å²) in [5, 5.41) is 8.92. The van der Waals surface area contributed by atoms with Crippen molar-refractivity contribution in [2.45, 2.75) is 6.42 Å². The van der Waals surface area contributed by atoms with Gasteiger partial charge in [0.2, 0.25) is 0 Å². The number of hydrogen-bond acceptors (Lipinski definition) is 2. The number of aliphatic carboxylic acids is 1. The van der Waals surface area contributed by atoms with Crippen LogP contribution in [-0.4, -0.2) is 11.1 Å². The van der Waals surface area contributed by atoms with E-state index < -0.39 is 11.1 Å². The van der Waals surface area contributed by atoms with Gasteiger partial charge in [-0.05, 0) is 11.5 Å². The summed E-state index contributed by atoms with van der Waals surface area (Å²) < 4.78 is 14.1. The van der Waals surface area contributed by atoms with Gasteiger partial charge in [0.1, 0.15) is 0 Å². The van der Waals surface area contributed by atoms with Gasteiger partial charge in [0.15, 0.2) is 5.13 Å². The van der Waals surface area contributed by atoms with E-state index in [1.54, 1.807) is 18.2 Å². The van der Waals surface area contributed by atoms with E-state index in [9.17, 15) is 9.18 Å². The van der Waals surface area contributed by atoms with Crippen molar-refractivity contribution >= 4 is 27.4 Å². The average Bonchev–Trinajstić information content (AvgIpc) is 2.43. The molecular weight excluding hydrogens is 203 g/mol. The minimum atomic E-state index is -1.01. The lowest BCUT2D eigenvalue weighted by Crippen LogP contribution is -2.00. The fourth-order valence-corrected chi connectivity index (χ4v) is 2.33. The van der Waals surface area contributed by atoms with Gasteiger partial charge in [-0.3, -0.25) is 4.79 Å². The van der Waals surface area contributed by atoms with Crippen molar-refractivity contribution in [3.63, 3.8) is 0 Å². The van der Waals surface area contributed by atoms with Crippen molar-refractivity contribution in [3.8, 4) is 0 Å². The highest BCUT2D eigenvalue weighted by Crippen LogP contribution is 2.29. The van der Waals surface area contributed by atoms with Crippen LogP contribution in [0.2, 0.25) is 0 Å². The molecule has 72 valence electrons. The summed E-state index contributed by atoms with van der Waals surface area (Å²) in [6, 6.07) is 7.12. The van der Waals surface area contributed by atoms with Crippen LogP contribution in [0.3, 0.4) is 0 Å². The van der Waals surface area contributed by atoms with E-state index in [2.05, 4.69) is 0 Å². The lowest BCUT2D eigenvalue weighted by Gasteiger charge is -1.93. The predicted molar refractivity (Wildman–Crippen MR) is 53.1 cm³/mol. The predicted octanol–water partition coefficient (Wildman–Crippen LogP) is 2.67. The number of rotatable bonds is 2. The van der Waals surface area contributed by atoms with Gasteiger partial charge < -0.3 is 5.11 Å². The monoisotopic (exact) mass is 210 g/mol. The molecule has 0 aliphatic heterocycles. The first-order valence-electron chi connectivity index (χ1n) is 4.06. The molecule has 1 aromatic heterocycles. The highest BCUT2D eigenvalue weighted by molar-refractivity contribution is 7.17. The molecule has 0 atom stereocenters. The third kappa shape index (κ3) is 1.48. The third-order valence-electron chi connectivity index (χ3n) is 1.98. The molecule has 0 aliphatic carbocycles. The van der Waals surface area contributed by atoms with Crippen LogP contribution in [0.1, 0.15) is 5.56 Å². The molecular formula is C10H7FO2S. The van der Waals surface area contributed by atoms with Crippen molar-refractivity contribution in [2.24, 2.45) is 0 Å². The lowest BCUT2D eigenvalue weighted by atomic mass is 10.1. The fraction of sp³-hybridized carbons (Fsp3) is 0.100. The number of carboxylic acids is 1. The molecule has 0 fully saturated rings. The van der Waals surface area contributed by atoms with Crippen molar-refractivity contribution in [2.75, 3.05) is 0 Å². The number of fused-ring (bicyclic) bond motifs is 1. The van der Waals surface area contributed by atoms with E-state index in [0.29, 0.717) is 5.39 Å². The number of halogens is 1. The number of benzene rings is 1. The van der Waals surface area contributed by atoms with Crippen LogP contribution in [0.4, 0.5) is 4.39 Å². The Bertz CT molecular complexity index is 490. The summed E-state index contributed by atoms with van der Waals surface area (Å²) in [7, 11) is 0. The van der Waals surface area contributed by atoms with Gasteiger partial charge in [0.25, 0.3) is 0 Å². The summed E-state index contributed by atoms with van der Waals surface area (Å²) in [5.74, 6) is -1.01. The largest absolute Gasteiger partial charge is 0.481 e. The van der Waals surface area contributed by atoms with Crippen molar-refractivity contribution in [3.05, 3.63) is 35.0 Å². The molecule has 0 saturated heterocycles. The summed E-state index contributed by atoms with van der Waals surface area (Å²) in [5.41, 5.74) is 0.290. The Kier molecular flexibility index (Phi) is 2.21. The van der Waals surface area contributed by atoms with Gasteiger partial charge in [0, 0.05) is 10.3 Å². The van der Waals surface area contributed by atoms with Crippen LogP contribution in [0.5, 0.6) is 0 Å². The summed E-state index contributed by atoms with van der Waals surface area (Å²) in [6.07, 6.45) is -0.254. The second kappa shape index (κ2) is 3.38. The number of hydrogen-bond donors (Lipinski definition) is 1. The molecule has 0 unspecified atom stereocenters. The first-order valence-corrected chi connectivity index (χ1v) is 4.88. The molecule has 4 heteroatoms. The summed E-state index contributed by atoms with van der Waals surface area (Å²) in [4.78, 5) is 10.5. The topological polar surface area (TPSA) is 37.3 Å². The van der Waals surface area contributed by atoms with E-state index in [1.165, 1.54) is 0 Å². The molecule has 0 radical (unpaired) electrons. The van der Waals surface area contributed by atoms with Gasteiger partial charge in [0.05, 0.1) is 6.42 Å². The van der Waals surface area contributed by atoms with Crippen LogP contribution in [0.25, 0.3) is 10.1 Å². The normalized spacial score (nSPS) is 10.6. The van der Waals surface area contributed by atoms with Crippen LogP contribution in [0.15, 0.2) is 24.3 Å². The second-order valence-electron chi connectivity index (χ2n) is 2.92. The van der Waals surface area contributed by atoms with Gasteiger partial charge in [-0.25, -0.2) is 0 Å². The molecule has 1 heterocycles. The van der Waals surface area contributed by atoms with E-state index in [-0.39, 0.29) is 12.0 Å². The maximum Gasteiger partial charge on any atom is 0.307 e. The van der Waals surface area contributed by atoms with Crippen molar-refractivity contribution in [1.82, 2.24) is 0 Å². The Morgan fingerprint density at radius 1 is 1.43 bits per heavy atom. The van der Waals surface area contributed by atoms with Crippen LogP contribution in [0, 0.1) is 5.13 Å². The smallest absolute Gasteiger partial charge is 0.307 e. The number of thiophene rings is 1. The van der Waals surface area contributed by atoms with E-state index >= 15 is 0 Å². The molecule has 0 amide bonds. The standard InChI is InChI=1S/C10H7FO2S/c11-10-7(5-9(12)13)6-3-1-2-4-8(6)14-10/h1-4H,5H2,(H,12,13). The van der Waals surface area contributed by atoms with Crippen LogP contribution in [-0.2, 0) is 11.2 Å². The van der Waals surface area contributed by atoms with Gasteiger partial charge in [-0.1, -0.05) is 18.2 Å². The maximum absolute atomic E-state index is 13.3. The molecule has 0 spiro atoms. The molecule has 14 heavy (non-hydrogen) atoms. The van der Waals surface area contributed by atoms with Gasteiger partial charge >= 0.3 is 5.97 Å². The fourth-order valence-electron chi connectivity index (χ4n) is 1.38. The quantitative estimate of drug-likeness (QED) is 0.827. The summed E-state index contributed by atoms with van der Waals surface area (Å²) >= 11 is 0.991. The average molecular weight is 210 g/mol. The number of carbonyl (C=O) groups is 1. The van der Waals surface area contributed by atoms with E-state index in [1.807, 2.05) is 6.07 Å². The van der Waals surface area contributed by atoms with Gasteiger partial charge in [-0.15, -0.1) is 11.3 Å². The van der Waals surface area contributed by atoms with E-state index in [0.717, 1.165) is 16.0 Å². The Morgan fingerprint density at radius 2 is 2.14 bits per heavy atom. The van der Waals surface area contributed by atoms with Crippen molar-refractivity contribution < 1.29 is 14.3 Å². The molecule has 2 aromatic rings. The Morgan fingerprint density at radius 3 is 2.86 bits per heavy atom. The van der Waals surface area contributed by atoms with Crippen LogP contribution < -0.4 is 0 Å². The molecule has 0 aliphatic rings. The Hall–Kier alpha value is -1.42. The lowest BCUT2D eigenvalue weighted by molar-refractivity contribution is -0.136. The van der Waals surface area contributed by atoms with Crippen molar-refractivity contribution in [1.29, 1.82) is 0 Å². The molecule has 2 rings (SSSR count). The first kappa shape index (κ1) is 9.15. The SMILES string of the molecule is O=C(O)Cc1c(F)sc2ccccc12.